The van der Waals surface area contributed by atoms with Crippen LogP contribution in [0.5, 0.6) is 0 Å². The molecule has 1 unspecified atom stereocenters. The maximum atomic E-state index is 14.4. The molecule has 0 spiro atoms. The van der Waals surface area contributed by atoms with E-state index in [1.165, 1.54) is 6.07 Å². The number of primary amides is 2. The quantitative estimate of drug-likeness (QED) is 0.331. The van der Waals surface area contributed by atoms with Gasteiger partial charge in [-0.1, -0.05) is 26.1 Å². The molecule has 7 nitrogen and oxygen atoms in total. The summed E-state index contributed by atoms with van der Waals surface area (Å²) in [5.74, 6) is -2.02. The smallest absolute Gasteiger partial charge is 0.250 e. The molecule has 0 aliphatic carbocycles. The Kier molecular flexibility index (Phi) is 7.63. The van der Waals surface area contributed by atoms with E-state index in [-0.39, 0.29) is 34.3 Å². The largest absolute Gasteiger partial charge is 0.371 e. The van der Waals surface area contributed by atoms with Gasteiger partial charge in [0.15, 0.2) is 0 Å². The third-order valence-corrected chi connectivity index (χ3v) is 3.70. The Labute approximate surface area is 157 Å². The van der Waals surface area contributed by atoms with Crippen molar-refractivity contribution in [1.82, 2.24) is 0 Å². The van der Waals surface area contributed by atoms with Gasteiger partial charge in [0.25, 0.3) is 5.91 Å². The number of hydrogen-bond acceptors (Lipinski definition) is 5. The van der Waals surface area contributed by atoms with Crippen LogP contribution < -0.4 is 22.1 Å². The van der Waals surface area contributed by atoms with E-state index >= 15 is 0 Å². The van der Waals surface area contributed by atoms with Gasteiger partial charge in [0.05, 0.1) is 21.9 Å². The Bertz CT molecular complexity index is 736. The second-order valence-corrected chi connectivity index (χ2v) is 6.97. The van der Waals surface area contributed by atoms with Crippen LogP contribution in [0.25, 0.3) is 0 Å². The standard InChI is InChI=1S/C17H24FN5O2S/c1-8(2)4-14(17(21)25)22-13-7-12(23-15(26)5-9(3)19)10(16(20)24)6-11(13)18/h6-8,14,19,22H,4-5H2,1-3H3,(H2,20,24)(H2,21,25)(H,23,26). The Morgan fingerprint density at radius 1 is 1.27 bits per heavy atom. The Morgan fingerprint density at radius 3 is 2.35 bits per heavy atom. The number of amides is 2. The first-order chi connectivity index (χ1) is 12.0. The van der Waals surface area contributed by atoms with Gasteiger partial charge in [-0.15, -0.1) is 0 Å². The molecule has 0 radical (unpaired) electrons. The topological polar surface area (TPSA) is 134 Å². The van der Waals surface area contributed by atoms with Crippen molar-refractivity contribution in [3.63, 3.8) is 0 Å². The predicted molar refractivity (Wildman–Crippen MR) is 105 cm³/mol. The maximum absolute atomic E-state index is 14.4. The molecule has 2 amide bonds. The van der Waals surface area contributed by atoms with Gasteiger partial charge >= 0.3 is 0 Å². The van der Waals surface area contributed by atoms with E-state index in [2.05, 4.69) is 10.6 Å². The fourth-order valence-corrected chi connectivity index (χ4v) is 2.66. The summed E-state index contributed by atoms with van der Waals surface area (Å²) in [4.78, 5) is 23.5. The van der Waals surface area contributed by atoms with Gasteiger partial charge in [-0.2, -0.15) is 0 Å². The van der Waals surface area contributed by atoms with Crippen LogP contribution in [-0.2, 0) is 4.79 Å². The van der Waals surface area contributed by atoms with Gasteiger partial charge in [0.1, 0.15) is 11.9 Å². The first-order valence-electron chi connectivity index (χ1n) is 8.04. The lowest BCUT2D eigenvalue weighted by atomic mass is 10.0. The average Bonchev–Trinajstić information content (AvgIpc) is 2.47. The van der Waals surface area contributed by atoms with Crippen LogP contribution >= 0.6 is 12.2 Å². The Hall–Kier alpha value is -2.55. The van der Waals surface area contributed by atoms with Crippen molar-refractivity contribution >= 4 is 46.1 Å². The van der Waals surface area contributed by atoms with Crippen molar-refractivity contribution in [3.8, 4) is 0 Å². The van der Waals surface area contributed by atoms with Crippen LogP contribution in [0.1, 0.15) is 44.0 Å². The highest BCUT2D eigenvalue weighted by molar-refractivity contribution is 7.80. The first-order valence-corrected chi connectivity index (χ1v) is 8.45. The van der Waals surface area contributed by atoms with E-state index in [4.69, 9.17) is 29.1 Å². The second kappa shape index (κ2) is 9.23. The van der Waals surface area contributed by atoms with Crippen LogP contribution in [-0.4, -0.2) is 28.6 Å². The molecule has 1 rings (SSSR count). The molecule has 0 heterocycles. The minimum absolute atomic E-state index is 0.00340. The Morgan fingerprint density at radius 2 is 1.88 bits per heavy atom. The highest BCUT2D eigenvalue weighted by Gasteiger charge is 2.21. The molecule has 142 valence electrons. The van der Waals surface area contributed by atoms with Crippen molar-refractivity contribution < 1.29 is 14.0 Å². The fraction of sp³-hybridized carbons (Fsp3) is 0.412. The lowest BCUT2D eigenvalue weighted by molar-refractivity contribution is -0.119. The van der Waals surface area contributed by atoms with Gasteiger partial charge in [0.2, 0.25) is 5.91 Å². The van der Waals surface area contributed by atoms with Crippen LogP contribution in [0.4, 0.5) is 15.8 Å². The number of nitrogens with one attached hydrogen (secondary N) is 3. The lowest BCUT2D eigenvalue weighted by Gasteiger charge is -2.20. The summed E-state index contributed by atoms with van der Waals surface area (Å²) in [5.41, 5.74) is 11.1. The van der Waals surface area contributed by atoms with Crippen LogP contribution in [0, 0.1) is 17.1 Å². The minimum Gasteiger partial charge on any atom is -0.371 e. The zero-order valence-electron chi connectivity index (χ0n) is 15.0. The summed E-state index contributed by atoms with van der Waals surface area (Å²) in [6, 6.07) is 1.52. The van der Waals surface area contributed by atoms with Crippen LogP contribution in [0.15, 0.2) is 12.1 Å². The molecule has 1 atom stereocenters. The van der Waals surface area contributed by atoms with Gasteiger partial charge in [-0.05, 0) is 31.4 Å². The number of hydrogen-bond donors (Lipinski definition) is 5. The molecule has 0 aliphatic heterocycles. The van der Waals surface area contributed by atoms with E-state index in [1.807, 2.05) is 13.8 Å². The Balaban J connectivity index is 3.22. The third-order valence-electron chi connectivity index (χ3n) is 3.45. The summed E-state index contributed by atoms with van der Waals surface area (Å²) in [6.45, 7) is 5.41. The number of carbonyl (C=O) groups is 2. The van der Waals surface area contributed by atoms with Crippen molar-refractivity contribution in [2.24, 2.45) is 17.4 Å². The minimum atomic E-state index is -0.832. The van der Waals surface area contributed by atoms with E-state index in [1.54, 1.807) is 6.92 Å². The van der Waals surface area contributed by atoms with Crippen LogP contribution in [0.3, 0.4) is 0 Å². The molecule has 0 aliphatic rings. The van der Waals surface area contributed by atoms with E-state index < -0.39 is 23.7 Å². The van der Waals surface area contributed by atoms with E-state index in [0.29, 0.717) is 12.1 Å². The zero-order chi connectivity index (χ0) is 20.0. The van der Waals surface area contributed by atoms with Gasteiger partial charge in [-0.3, -0.25) is 9.59 Å². The first kappa shape index (κ1) is 21.5. The normalized spacial score (nSPS) is 11.7. The van der Waals surface area contributed by atoms with Crippen LogP contribution in [0.2, 0.25) is 0 Å². The molecule has 1 aromatic carbocycles. The summed E-state index contributed by atoms with van der Waals surface area (Å²) in [6.07, 6.45) is 0.603. The highest BCUT2D eigenvalue weighted by atomic mass is 32.1. The number of rotatable bonds is 9. The highest BCUT2D eigenvalue weighted by Crippen LogP contribution is 2.26. The fourth-order valence-electron chi connectivity index (χ4n) is 2.33. The summed E-state index contributed by atoms with van der Waals surface area (Å²) < 4.78 is 14.4. The zero-order valence-corrected chi connectivity index (χ0v) is 15.8. The van der Waals surface area contributed by atoms with E-state index in [0.717, 1.165) is 6.07 Å². The molecule has 1 aromatic rings. The lowest BCUT2D eigenvalue weighted by Crippen LogP contribution is -2.36. The van der Waals surface area contributed by atoms with Gasteiger partial charge < -0.3 is 27.5 Å². The van der Waals surface area contributed by atoms with E-state index in [9.17, 15) is 14.0 Å². The van der Waals surface area contributed by atoms with Gasteiger partial charge in [0, 0.05) is 12.1 Å². The van der Waals surface area contributed by atoms with Crippen molar-refractivity contribution in [3.05, 3.63) is 23.5 Å². The average molecular weight is 381 g/mol. The van der Waals surface area contributed by atoms with Crippen molar-refractivity contribution in [1.29, 1.82) is 5.41 Å². The summed E-state index contributed by atoms with van der Waals surface area (Å²) in [5, 5.41) is 13.0. The second-order valence-electron chi connectivity index (χ2n) is 6.48. The molecular weight excluding hydrogens is 357 g/mol. The molecule has 0 fully saturated rings. The number of thiocarbonyl (C=S) groups is 1. The number of nitrogens with two attached hydrogens (primary N) is 2. The third kappa shape index (κ3) is 6.40. The molecule has 0 aromatic heterocycles. The number of anilines is 2. The molecular formula is C17H24FN5O2S. The maximum Gasteiger partial charge on any atom is 0.250 e. The SMILES string of the molecule is CC(=N)CC(=S)Nc1cc(NC(CC(C)C)C(N)=O)c(F)cc1C(N)=O. The van der Waals surface area contributed by atoms with Gasteiger partial charge in [-0.25, -0.2) is 4.39 Å². The summed E-state index contributed by atoms with van der Waals surface area (Å²) >= 11 is 5.13. The molecule has 26 heavy (non-hydrogen) atoms. The molecule has 0 saturated heterocycles. The molecule has 9 heteroatoms. The van der Waals surface area contributed by atoms with Crippen molar-refractivity contribution in [2.45, 2.75) is 39.7 Å². The monoisotopic (exact) mass is 381 g/mol. The molecule has 0 saturated carbocycles. The number of benzene rings is 1. The molecule has 0 bridgehead atoms. The number of carbonyl (C=O) groups excluding carboxylic acids is 2. The molecule has 7 N–H and O–H groups in total. The predicted octanol–water partition coefficient (Wildman–Crippen LogP) is 2.41. The van der Waals surface area contributed by atoms with Crippen molar-refractivity contribution in [2.75, 3.05) is 10.6 Å². The number of halogens is 1. The summed E-state index contributed by atoms with van der Waals surface area (Å²) in [7, 11) is 0.